The number of fused-ring (bicyclic) bond motifs is 2. The van der Waals surface area contributed by atoms with Gasteiger partial charge >= 0.3 is 5.97 Å². The van der Waals surface area contributed by atoms with E-state index in [0.29, 0.717) is 17.8 Å². The Kier molecular flexibility index (Phi) is 1.38. The van der Waals surface area contributed by atoms with E-state index in [9.17, 15) is 4.79 Å². The van der Waals surface area contributed by atoms with Gasteiger partial charge in [-0.1, -0.05) is 6.58 Å². The third-order valence-electron chi connectivity index (χ3n) is 4.09. The molecule has 1 aliphatic heterocycles. The van der Waals surface area contributed by atoms with Crippen molar-refractivity contribution in [3.63, 3.8) is 0 Å². The first-order valence-corrected chi connectivity index (χ1v) is 5.18. The molecule has 70 valence electrons. The van der Waals surface area contributed by atoms with E-state index >= 15 is 0 Å². The third-order valence-corrected chi connectivity index (χ3v) is 4.09. The Hall–Kier alpha value is -0.790. The molecule has 0 aromatic rings. The van der Waals surface area contributed by atoms with Crippen LogP contribution in [0.3, 0.4) is 0 Å². The third kappa shape index (κ3) is 0.862. The predicted molar refractivity (Wildman–Crippen MR) is 47.7 cm³/mol. The van der Waals surface area contributed by atoms with E-state index in [1.165, 1.54) is 25.7 Å². The largest absolute Gasteiger partial charge is 0.431 e. The zero-order valence-electron chi connectivity index (χ0n) is 7.66. The van der Waals surface area contributed by atoms with Gasteiger partial charge in [-0.15, -0.1) is 0 Å². The average Bonchev–Trinajstić information content (AvgIpc) is 2.47. The molecule has 0 N–H and O–H groups in total. The lowest BCUT2D eigenvalue weighted by Gasteiger charge is -2.42. The Morgan fingerprint density at radius 1 is 1.08 bits per heavy atom. The second-order valence-electron chi connectivity index (χ2n) is 4.61. The molecule has 2 atom stereocenters. The van der Waals surface area contributed by atoms with Crippen LogP contribution in [0.25, 0.3) is 0 Å². The quantitative estimate of drug-likeness (QED) is 0.531. The van der Waals surface area contributed by atoms with Crippen LogP contribution in [0.15, 0.2) is 12.3 Å². The van der Waals surface area contributed by atoms with Gasteiger partial charge in [-0.3, -0.25) is 4.79 Å². The summed E-state index contributed by atoms with van der Waals surface area (Å²) in [5, 5.41) is 0. The summed E-state index contributed by atoms with van der Waals surface area (Å²) in [6.07, 6.45) is 5.02. The van der Waals surface area contributed by atoms with Crippen LogP contribution in [0.4, 0.5) is 0 Å². The molecular formula is C11H14O2. The van der Waals surface area contributed by atoms with E-state index in [1.807, 2.05) is 0 Å². The summed E-state index contributed by atoms with van der Waals surface area (Å²) in [5.41, 5.74) is 0. The molecule has 2 heteroatoms. The van der Waals surface area contributed by atoms with Gasteiger partial charge in [-0.25, -0.2) is 0 Å². The average molecular weight is 178 g/mol. The van der Waals surface area contributed by atoms with Gasteiger partial charge in [0.1, 0.15) is 5.76 Å². The number of ether oxygens (including phenoxy) is 1. The summed E-state index contributed by atoms with van der Waals surface area (Å²) in [6.45, 7) is 3.86. The molecule has 0 radical (unpaired) electrons. The van der Waals surface area contributed by atoms with Gasteiger partial charge in [0.15, 0.2) is 0 Å². The molecule has 2 unspecified atom stereocenters. The lowest BCUT2D eigenvalue weighted by atomic mass is 9.59. The van der Waals surface area contributed by atoms with Crippen molar-refractivity contribution in [1.29, 1.82) is 0 Å². The molecule has 4 fully saturated rings. The van der Waals surface area contributed by atoms with E-state index in [2.05, 4.69) is 6.58 Å². The number of cyclic esters (lactones) is 1. The second-order valence-corrected chi connectivity index (χ2v) is 4.61. The highest BCUT2D eigenvalue weighted by molar-refractivity contribution is 5.78. The van der Waals surface area contributed by atoms with Gasteiger partial charge in [-0.2, -0.15) is 0 Å². The molecule has 3 saturated carbocycles. The van der Waals surface area contributed by atoms with Crippen molar-refractivity contribution in [3.8, 4) is 0 Å². The Balaban J connectivity index is 2.00. The highest BCUT2D eigenvalue weighted by Crippen LogP contribution is 2.54. The van der Waals surface area contributed by atoms with Crippen molar-refractivity contribution >= 4 is 5.97 Å². The van der Waals surface area contributed by atoms with E-state index in [-0.39, 0.29) is 11.9 Å². The fourth-order valence-corrected chi connectivity index (χ4v) is 3.52. The van der Waals surface area contributed by atoms with E-state index in [4.69, 9.17) is 4.74 Å². The van der Waals surface area contributed by atoms with Crippen molar-refractivity contribution in [2.75, 3.05) is 0 Å². The normalized spacial score (nSPS) is 47.7. The van der Waals surface area contributed by atoms with E-state index in [0.717, 1.165) is 5.76 Å². The number of carbonyl (C=O) groups is 1. The Bertz CT molecular complexity index is 246. The van der Waals surface area contributed by atoms with Crippen molar-refractivity contribution in [3.05, 3.63) is 12.3 Å². The molecule has 2 bridgehead atoms. The first-order valence-electron chi connectivity index (χ1n) is 5.18. The lowest BCUT2D eigenvalue weighted by molar-refractivity contribution is -0.142. The molecule has 4 aliphatic rings. The maximum absolute atomic E-state index is 11.5. The van der Waals surface area contributed by atoms with Crippen molar-refractivity contribution in [2.45, 2.75) is 25.7 Å². The molecule has 0 amide bonds. The number of esters is 1. The van der Waals surface area contributed by atoms with Gasteiger partial charge in [0, 0.05) is 5.92 Å². The van der Waals surface area contributed by atoms with E-state index in [1.54, 1.807) is 0 Å². The van der Waals surface area contributed by atoms with Gasteiger partial charge in [-0.05, 0) is 37.5 Å². The first-order chi connectivity index (χ1) is 6.27. The van der Waals surface area contributed by atoms with Gasteiger partial charge in [0.2, 0.25) is 0 Å². The van der Waals surface area contributed by atoms with Gasteiger partial charge < -0.3 is 4.74 Å². The SMILES string of the molecule is C=C1OC(=O)C2C3CCC(CC3)C12. The molecule has 2 nitrogen and oxygen atoms in total. The summed E-state index contributed by atoms with van der Waals surface area (Å²) in [7, 11) is 0. The molecule has 4 rings (SSSR count). The summed E-state index contributed by atoms with van der Waals surface area (Å²) >= 11 is 0. The summed E-state index contributed by atoms with van der Waals surface area (Å²) < 4.78 is 5.16. The van der Waals surface area contributed by atoms with Crippen LogP contribution in [0.1, 0.15) is 25.7 Å². The minimum atomic E-state index is 0.00407. The van der Waals surface area contributed by atoms with Crippen LogP contribution in [0.5, 0.6) is 0 Å². The van der Waals surface area contributed by atoms with Crippen LogP contribution in [0, 0.1) is 23.7 Å². The lowest BCUT2D eigenvalue weighted by Crippen LogP contribution is -2.39. The minimum Gasteiger partial charge on any atom is -0.431 e. The standard InChI is InChI=1S/C11H14O2/c1-6-9-7-2-4-8(5-3-7)10(9)11(12)13-6/h7-10H,1-5H2. The molecule has 0 spiro atoms. The monoisotopic (exact) mass is 178 g/mol. The number of carbonyl (C=O) groups excluding carboxylic acids is 1. The Morgan fingerprint density at radius 2 is 1.62 bits per heavy atom. The minimum absolute atomic E-state index is 0.00407. The number of rotatable bonds is 0. The summed E-state index contributed by atoms with van der Waals surface area (Å²) in [6, 6.07) is 0. The smallest absolute Gasteiger partial charge is 0.315 e. The first kappa shape index (κ1) is 7.60. The van der Waals surface area contributed by atoms with Crippen LogP contribution in [-0.2, 0) is 9.53 Å². The Morgan fingerprint density at radius 3 is 2.15 bits per heavy atom. The molecule has 1 saturated heterocycles. The maximum Gasteiger partial charge on any atom is 0.315 e. The van der Waals surface area contributed by atoms with Gasteiger partial charge in [0.05, 0.1) is 5.92 Å². The fourth-order valence-electron chi connectivity index (χ4n) is 3.52. The van der Waals surface area contributed by atoms with Crippen LogP contribution >= 0.6 is 0 Å². The molecular weight excluding hydrogens is 164 g/mol. The van der Waals surface area contributed by atoms with Crippen LogP contribution in [0.2, 0.25) is 0 Å². The Labute approximate surface area is 78.0 Å². The molecule has 1 heterocycles. The van der Waals surface area contributed by atoms with Crippen molar-refractivity contribution < 1.29 is 9.53 Å². The zero-order valence-corrected chi connectivity index (χ0v) is 7.66. The zero-order chi connectivity index (χ0) is 9.00. The highest BCUT2D eigenvalue weighted by atomic mass is 16.5. The number of hydrogen-bond acceptors (Lipinski definition) is 2. The van der Waals surface area contributed by atoms with Crippen LogP contribution < -0.4 is 0 Å². The van der Waals surface area contributed by atoms with E-state index < -0.39 is 0 Å². The van der Waals surface area contributed by atoms with Crippen molar-refractivity contribution in [1.82, 2.24) is 0 Å². The molecule has 13 heavy (non-hydrogen) atoms. The van der Waals surface area contributed by atoms with Crippen LogP contribution in [-0.4, -0.2) is 5.97 Å². The molecule has 3 aliphatic carbocycles. The number of allylic oxidation sites excluding steroid dienone is 1. The van der Waals surface area contributed by atoms with Gasteiger partial charge in [0.25, 0.3) is 0 Å². The second kappa shape index (κ2) is 2.37. The molecule has 0 aromatic heterocycles. The highest BCUT2D eigenvalue weighted by Gasteiger charge is 2.53. The maximum atomic E-state index is 11.5. The fraction of sp³-hybridized carbons (Fsp3) is 0.727. The number of hydrogen-bond donors (Lipinski definition) is 0. The predicted octanol–water partition coefficient (Wildman–Crippen LogP) is 2.11. The topological polar surface area (TPSA) is 26.3 Å². The molecule has 0 aromatic carbocycles. The van der Waals surface area contributed by atoms with Crippen molar-refractivity contribution in [2.24, 2.45) is 23.7 Å². The summed E-state index contributed by atoms with van der Waals surface area (Å²) in [5.74, 6) is 2.60. The summed E-state index contributed by atoms with van der Waals surface area (Å²) in [4.78, 5) is 11.5.